The second-order valence-corrected chi connectivity index (χ2v) is 9.43. The Labute approximate surface area is 209 Å². The fourth-order valence-electron chi connectivity index (χ4n) is 4.41. The second kappa shape index (κ2) is 10.6. The molecule has 10 heteroatoms. The van der Waals surface area contributed by atoms with Gasteiger partial charge >= 0.3 is 6.03 Å². The van der Waals surface area contributed by atoms with E-state index in [1.54, 1.807) is 38.3 Å². The van der Waals surface area contributed by atoms with Crippen LogP contribution in [-0.4, -0.2) is 72.5 Å². The normalized spacial score (nSPS) is 21.5. The monoisotopic (exact) mass is 499 g/mol. The Hall–Kier alpha value is -3.14. The summed E-state index contributed by atoms with van der Waals surface area (Å²) >= 11 is 5.97. The predicted molar refractivity (Wildman–Crippen MR) is 132 cm³/mol. The number of carbonyl (C=O) groups is 3. The van der Waals surface area contributed by atoms with E-state index in [0.29, 0.717) is 17.9 Å². The lowest BCUT2D eigenvalue weighted by Crippen LogP contribution is -2.51. The minimum Gasteiger partial charge on any atom is -0.497 e. The fraction of sp³-hybridized carbons (Fsp3) is 0.400. The molecule has 0 aliphatic carbocycles. The van der Waals surface area contributed by atoms with Crippen molar-refractivity contribution in [3.8, 4) is 5.75 Å². The first-order chi connectivity index (χ1) is 16.8. The highest BCUT2D eigenvalue weighted by Crippen LogP contribution is 2.29. The quantitative estimate of drug-likeness (QED) is 0.568. The zero-order chi connectivity index (χ0) is 25.0. The van der Waals surface area contributed by atoms with Crippen LogP contribution in [0.25, 0.3) is 0 Å². The molecule has 2 aromatic rings. The molecular weight excluding hydrogens is 470 g/mol. The van der Waals surface area contributed by atoms with Crippen LogP contribution in [0, 0.1) is 0 Å². The van der Waals surface area contributed by atoms with E-state index in [4.69, 9.17) is 16.3 Å². The molecule has 0 aromatic heterocycles. The number of imide groups is 1. The smallest absolute Gasteiger partial charge is 0.344 e. The highest BCUT2D eigenvalue weighted by molar-refractivity contribution is 6.30. The number of nitrogens with one attached hydrogen (secondary N) is 2. The van der Waals surface area contributed by atoms with Gasteiger partial charge in [0.15, 0.2) is 0 Å². The van der Waals surface area contributed by atoms with Crippen molar-refractivity contribution in [2.24, 2.45) is 0 Å². The molecule has 0 saturated carbocycles. The Bertz CT molecular complexity index is 1080. The molecule has 186 valence electrons. The number of hydrogen-bond donors (Lipinski definition) is 2. The van der Waals surface area contributed by atoms with Gasteiger partial charge in [-0.3, -0.25) is 24.8 Å². The summed E-state index contributed by atoms with van der Waals surface area (Å²) in [6.45, 7) is 5.75. The summed E-state index contributed by atoms with van der Waals surface area (Å²) in [4.78, 5) is 42.7. The van der Waals surface area contributed by atoms with E-state index in [1.807, 2.05) is 29.2 Å². The molecule has 2 heterocycles. The van der Waals surface area contributed by atoms with Crippen molar-refractivity contribution in [2.75, 3.05) is 39.8 Å². The maximum absolute atomic E-state index is 13.1. The largest absolute Gasteiger partial charge is 0.497 e. The Kier molecular flexibility index (Phi) is 7.59. The van der Waals surface area contributed by atoms with Gasteiger partial charge in [-0.2, -0.15) is 5.01 Å². The third-order valence-electron chi connectivity index (χ3n) is 6.46. The number of halogens is 1. The van der Waals surface area contributed by atoms with Gasteiger partial charge in [-0.05, 0) is 61.8 Å². The number of urea groups is 1. The first kappa shape index (κ1) is 25.0. The van der Waals surface area contributed by atoms with Crippen molar-refractivity contribution in [3.63, 3.8) is 0 Å². The average Bonchev–Trinajstić information content (AvgIpc) is 2.98. The highest BCUT2D eigenvalue weighted by atomic mass is 35.5. The van der Waals surface area contributed by atoms with Crippen LogP contribution in [0.3, 0.4) is 0 Å². The van der Waals surface area contributed by atoms with Gasteiger partial charge in [0.05, 0.1) is 13.7 Å². The zero-order valence-corrected chi connectivity index (χ0v) is 20.7. The molecule has 4 rings (SSSR count). The van der Waals surface area contributed by atoms with E-state index >= 15 is 0 Å². The molecule has 1 atom stereocenters. The van der Waals surface area contributed by atoms with Gasteiger partial charge in [0.25, 0.3) is 11.8 Å². The Morgan fingerprint density at radius 3 is 2.37 bits per heavy atom. The first-order valence-electron chi connectivity index (χ1n) is 11.6. The first-order valence-corrected chi connectivity index (χ1v) is 12.0. The lowest BCUT2D eigenvalue weighted by molar-refractivity contribution is -0.139. The second-order valence-electron chi connectivity index (χ2n) is 8.99. The van der Waals surface area contributed by atoms with Gasteiger partial charge in [0.2, 0.25) is 0 Å². The molecule has 1 unspecified atom stereocenters. The average molecular weight is 500 g/mol. The standard InChI is InChI=1S/C25H30ClN5O4/c1-25(19-6-10-21(35-2)11-7-19)23(33)31(24(34)27-25)28-22(32)17-30-13-3-12-29(14-15-30)16-18-4-8-20(26)9-5-18/h4-11H,3,12-17H2,1-2H3,(H,27,34)(H,28,32). The predicted octanol–water partition coefficient (Wildman–Crippen LogP) is 2.35. The summed E-state index contributed by atoms with van der Waals surface area (Å²) in [5.74, 6) is -0.298. The van der Waals surface area contributed by atoms with Crippen LogP contribution in [0.5, 0.6) is 5.75 Å². The SMILES string of the molecule is COc1ccc(C2(C)NC(=O)N(NC(=O)CN3CCCN(Cc4ccc(Cl)cc4)CC3)C2=O)cc1. The lowest BCUT2D eigenvalue weighted by atomic mass is 9.92. The van der Waals surface area contributed by atoms with E-state index in [2.05, 4.69) is 15.6 Å². The van der Waals surface area contributed by atoms with E-state index in [9.17, 15) is 14.4 Å². The van der Waals surface area contributed by atoms with Crippen LogP contribution in [0.1, 0.15) is 24.5 Å². The van der Waals surface area contributed by atoms with Crippen LogP contribution in [0.4, 0.5) is 4.79 Å². The molecule has 2 saturated heterocycles. The summed E-state index contributed by atoms with van der Waals surface area (Å²) in [6, 6.07) is 14.0. The molecule has 2 aromatic carbocycles. The van der Waals surface area contributed by atoms with E-state index in [0.717, 1.165) is 42.6 Å². The van der Waals surface area contributed by atoms with Gasteiger partial charge < -0.3 is 10.1 Å². The molecule has 9 nitrogen and oxygen atoms in total. The number of ether oxygens (including phenoxy) is 1. The van der Waals surface area contributed by atoms with Gasteiger partial charge in [0, 0.05) is 24.7 Å². The minimum atomic E-state index is -1.28. The molecule has 2 N–H and O–H groups in total. The molecule has 0 radical (unpaired) electrons. The van der Waals surface area contributed by atoms with E-state index < -0.39 is 23.4 Å². The molecule has 35 heavy (non-hydrogen) atoms. The number of benzene rings is 2. The van der Waals surface area contributed by atoms with Crippen LogP contribution < -0.4 is 15.5 Å². The summed E-state index contributed by atoms with van der Waals surface area (Å²) in [7, 11) is 1.55. The number of hydrogen-bond acceptors (Lipinski definition) is 6. The van der Waals surface area contributed by atoms with Crippen molar-refractivity contribution >= 4 is 29.4 Å². The third-order valence-corrected chi connectivity index (χ3v) is 6.71. The maximum Gasteiger partial charge on any atom is 0.344 e. The zero-order valence-electron chi connectivity index (χ0n) is 19.9. The van der Waals surface area contributed by atoms with Crippen molar-refractivity contribution in [3.05, 3.63) is 64.7 Å². The molecule has 0 bridgehead atoms. The number of nitrogens with zero attached hydrogens (tertiary/aromatic N) is 3. The van der Waals surface area contributed by atoms with E-state index in [-0.39, 0.29) is 6.54 Å². The molecule has 2 aliphatic heterocycles. The number of hydrazine groups is 1. The molecular formula is C25H30ClN5O4. The molecule has 4 amide bonds. The number of methoxy groups -OCH3 is 1. The Balaban J connectivity index is 1.31. The van der Waals surface area contributed by atoms with Crippen LogP contribution in [0.15, 0.2) is 48.5 Å². The molecule has 2 aliphatic rings. The summed E-state index contributed by atoms with van der Waals surface area (Å²) in [5.41, 5.74) is 3.01. The minimum absolute atomic E-state index is 0.102. The van der Waals surface area contributed by atoms with Gasteiger partial charge in [-0.15, -0.1) is 0 Å². The number of amides is 4. The van der Waals surface area contributed by atoms with Crippen molar-refractivity contribution < 1.29 is 19.1 Å². The van der Waals surface area contributed by atoms with Gasteiger partial charge in [-0.1, -0.05) is 35.9 Å². The fourth-order valence-corrected chi connectivity index (χ4v) is 4.54. The maximum atomic E-state index is 13.1. The summed E-state index contributed by atoms with van der Waals surface area (Å²) in [6.07, 6.45) is 0.916. The lowest BCUT2D eigenvalue weighted by Gasteiger charge is -2.24. The van der Waals surface area contributed by atoms with Crippen molar-refractivity contribution in [1.82, 2.24) is 25.6 Å². The van der Waals surface area contributed by atoms with Crippen LogP contribution in [0.2, 0.25) is 5.02 Å². The van der Waals surface area contributed by atoms with Crippen LogP contribution >= 0.6 is 11.6 Å². The summed E-state index contributed by atoms with van der Waals surface area (Å²) in [5, 5.41) is 4.18. The topological polar surface area (TPSA) is 94.2 Å². The number of carbonyl (C=O) groups excluding carboxylic acids is 3. The highest BCUT2D eigenvalue weighted by Gasteiger charge is 2.50. The van der Waals surface area contributed by atoms with Crippen LogP contribution in [-0.2, 0) is 21.7 Å². The van der Waals surface area contributed by atoms with Crippen molar-refractivity contribution in [1.29, 1.82) is 0 Å². The Morgan fingerprint density at radius 2 is 1.69 bits per heavy atom. The van der Waals surface area contributed by atoms with Gasteiger partial charge in [0.1, 0.15) is 11.3 Å². The number of rotatable bonds is 7. The summed E-state index contributed by atoms with van der Waals surface area (Å²) < 4.78 is 5.16. The molecule has 2 fully saturated rings. The van der Waals surface area contributed by atoms with Gasteiger partial charge in [-0.25, -0.2) is 4.79 Å². The molecule has 0 spiro atoms. The van der Waals surface area contributed by atoms with E-state index in [1.165, 1.54) is 5.56 Å². The Morgan fingerprint density at radius 1 is 1.03 bits per heavy atom. The third kappa shape index (κ3) is 5.75. The van der Waals surface area contributed by atoms with Crippen molar-refractivity contribution in [2.45, 2.75) is 25.4 Å².